The average Bonchev–Trinajstić information content (AvgIpc) is 2.34. The highest BCUT2D eigenvalue weighted by Gasteiger charge is 2.16. The molecule has 0 aliphatic carbocycles. The van der Waals surface area contributed by atoms with E-state index in [2.05, 4.69) is 17.0 Å². The van der Waals surface area contributed by atoms with Gasteiger partial charge in [-0.15, -0.1) is 0 Å². The van der Waals surface area contributed by atoms with Crippen molar-refractivity contribution in [3.05, 3.63) is 24.3 Å². The molecule has 0 unspecified atom stereocenters. The second kappa shape index (κ2) is 6.61. The number of rotatable bonds is 7. The van der Waals surface area contributed by atoms with Gasteiger partial charge in [0.05, 0.1) is 5.69 Å². The Balaban J connectivity index is 2.75. The molecule has 0 radical (unpaired) electrons. The Hall–Kier alpha value is -1.07. The van der Waals surface area contributed by atoms with E-state index in [9.17, 15) is 8.42 Å². The topological polar surface area (TPSA) is 58.2 Å². The van der Waals surface area contributed by atoms with Crippen molar-refractivity contribution >= 4 is 15.7 Å². The molecule has 0 fully saturated rings. The molecule has 1 rings (SSSR count). The van der Waals surface area contributed by atoms with Crippen molar-refractivity contribution in [2.24, 2.45) is 0 Å². The third-order valence-corrected chi connectivity index (χ3v) is 4.04. The van der Waals surface area contributed by atoms with E-state index in [1.165, 1.54) is 0 Å². The van der Waals surface area contributed by atoms with Gasteiger partial charge in [0.25, 0.3) is 0 Å². The molecule has 0 aliphatic heterocycles. The minimum absolute atomic E-state index is 0.305. The van der Waals surface area contributed by atoms with E-state index < -0.39 is 10.0 Å². The molecular formula is C12H20N2O2S. The number of benzene rings is 1. The van der Waals surface area contributed by atoms with Crippen LogP contribution in [-0.2, 0) is 10.0 Å². The Morgan fingerprint density at radius 1 is 1.18 bits per heavy atom. The zero-order valence-corrected chi connectivity index (χ0v) is 11.2. The fourth-order valence-corrected chi connectivity index (χ4v) is 2.85. The van der Waals surface area contributed by atoms with Crippen molar-refractivity contribution in [2.45, 2.75) is 31.1 Å². The van der Waals surface area contributed by atoms with E-state index in [-0.39, 0.29) is 0 Å². The van der Waals surface area contributed by atoms with Crippen LogP contribution in [0, 0.1) is 0 Å². The zero-order valence-electron chi connectivity index (χ0n) is 10.4. The molecule has 2 N–H and O–H groups in total. The van der Waals surface area contributed by atoms with E-state index in [0.29, 0.717) is 17.1 Å². The summed E-state index contributed by atoms with van der Waals surface area (Å²) in [7, 11) is -1.68. The van der Waals surface area contributed by atoms with E-state index in [1.807, 2.05) is 6.07 Å². The molecule has 0 spiro atoms. The number of unbranched alkanes of at least 4 members (excludes halogenated alkanes) is 2. The Labute approximate surface area is 103 Å². The summed E-state index contributed by atoms with van der Waals surface area (Å²) in [4.78, 5) is 0.305. The van der Waals surface area contributed by atoms with Crippen molar-refractivity contribution in [3.8, 4) is 0 Å². The van der Waals surface area contributed by atoms with Gasteiger partial charge in [-0.25, -0.2) is 13.1 Å². The first-order chi connectivity index (χ1) is 8.11. The number of hydrogen-bond acceptors (Lipinski definition) is 3. The summed E-state index contributed by atoms with van der Waals surface area (Å²) in [6, 6.07) is 6.89. The van der Waals surface area contributed by atoms with Crippen LogP contribution >= 0.6 is 0 Å². The first-order valence-corrected chi connectivity index (χ1v) is 7.36. The van der Waals surface area contributed by atoms with E-state index in [1.54, 1.807) is 25.2 Å². The summed E-state index contributed by atoms with van der Waals surface area (Å²) in [5.74, 6) is 0. The Kier molecular flexibility index (Phi) is 5.44. The molecule has 17 heavy (non-hydrogen) atoms. The summed E-state index contributed by atoms with van der Waals surface area (Å²) in [5.41, 5.74) is 0.621. The van der Waals surface area contributed by atoms with Gasteiger partial charge in [0.2, 0.25) is 10.0 Å². The van der Waals surface area contributed by atoms with Gasteiger partial charge in [0.15, 0.2) is 0 Å². The van der Waals surface area contributed by atoms with Gasteiger partial charge in [0, 0.05) is 13.6 Å². The highest BCUT2D eigenvalue weighted by atomic mass is 32.2. The molecule has 0 atom stereocenters. The third kappa shape index (κ3) is 4.02. The SMILES string of the molecule is CCCCCNS(=O)(=O)c1ccccc1NC. The summed E-state index contributed by atoms with van der Waals surface area (Å²) in [6.07, 6.45) is 2.99. The fourth-order valence-electron chi connectivity index (χ4n) is 1.57. The van der Waals surface area contributed by atoms with Crippen LogP contribution in [0.25, 0.3) is 0 Å². The summed E-state index contributed by atoms with van der Waals surface area (Å²) in [6.45, 7) is 2.58. The lowest BCUT2D eigenvalue weighted by molar-refractivity contribution is 0.576. The lowest BCUT2D eigenvalue weighted by atomic mass is 10.3. The van der Waals surface area contributed by atoms with Gasteiger partial charge < -0.3 is 5.32 Å². The maximum Gasteiger partial charge on any atom is 0.242 e. The molecule has 1 aromatic rings. The van der Waals surface area contributed by atoms with E-state index >= 15 is 0 Å². The lowest BCUT2D eigenvalue weighted by Crippen LogP contribution is -2.25. The van der Waals surface area contributed by atoms with Gasteiger partial charge in [-0.2, -0.15) is 0 Å². The molecule has 0 heterocycles. The molecule has 0 aromatic heterocycles. The Morgan fingerprint density at radius 2 is 1.88 bits per heavy atom. The molecule has 0 amide bonds. The Morgan fingerprint density at radius 3 is 2.53 bits per heavy atom. The van der Waals surface area contributed by atoms with Crippen LogP contribution < -0.4 is 10.0 Å². The number of hydrogen-bond donors (Lipinski definition) is 2. The first kappa shape index (κ1) is 14.0. The molecule has 0 aliphatic rings. The van der Waals surface area contributed by atoms with Gasteiger partial charge in [-0.3, -0.25) is 0 Å². The monoisotopic (exact) mass is 256 g/mol. The second-order valence-electron chi connectivity index (χ2n) is 3.85. The largest absolute Gasteiger partial charge is 0.387 e. The summed E-state index contributed by atoms with van der Waals surface area (Å²) >= 11 is 0. The predicted molar refractivity (Wildman–Crippen MR) is 70.7 cm³/mol. The van der Waals surface area contributed by atoms with Crippen LogP contribution in [-0.4, -0.2) is 22.0 Å². The van der Waals surface area contributed by atoms with Crippen molar-refractivity contribution in [1.82, 2.24) is 4.72 Å². The maximum atomic E-state index is 12.0. The molecule has 1 aromatic carbocycles. The van der Waals surface area contributed by atoms with Gasteiger partial charge in [0.1, 0.15) is 4.90 Å². The number of sulfonamides is 1. The zero-order chi connectivity index (χ0) is 12.7. The number of anilines is 1. The molecular weight excluding hydrogens is 236 g/mol. The second-order valence-corrected chi connectivity index (χ2v) is 5.59. The average molecular weight is 256 g/mol. The highest BCUT2D eigenvalue weighted by molar-refractivity contribution is 7.89. The maximum absolute atomic E-state index is 12.0. The van der Waals surface area contributed by atoms with Gasteiger partial charge >= 0.3 is 0 Å². The smallest absolute Gasteiger partial charge is 0.242 e. The van der Waals surface area contributed by atoms with Crippen LogP contribution in [0.15, 0.2) is 29.2 Å². The molecule has 0 saturated heterocycles. The van der Waals surface area contributed by atoms with Crippen molar-refractivity contribution in [1.29, 1.82) is 0 Å². The van der Waals surface area contributed by atoms with Crippen LogP contribution in [0.5, 0.6) is 0 Å². The van der Waals surface area contributed by atoms with Gasteiger partial charge in [-0.05, 0) is 18.6 Å². The molecule has 4 nitrogen and oxygen atoms in total. The lowest BCUT2D eigenvalue weighted by Gasteiger charge is -2.10. The molecule has 96 valence electrons. The van der Waals surface area contributed by atoms with Crippen LogP contribution in [0.2, 0.25) is 0 Å². The van der Waals surface area contributed by atoms with Crippen LogP contribution in [0.1, 0.15) is 26.2 Å². The van der Waals surface area contributed by atoms with Crippen molar-refractivity contribution in [2.75, 3.05) is 18.9 Å². The minimum Gasteiger partial charge on any atom is -0.387 e. The third-order valence-electron chi connectivity index (χ3n) is 2.52. The van der Waals surface area contributed by atoms with Crippen molar-refractivity contribution < 1.29 is 8.42 Å². The number of nitrogens with one attached hydrogen (secondary N) is 2. The van der Waals surface area contributed by atoms with Crippen molar-refractivity contribution in [3.63, 3.8) is 0 Å². The van der Waals surface area contributed by atoms with Crippen LogP contribution in [0.4, 0.5) is 5.69 Å². The summed E-state index contributed by atoms with van der Waals surface area (Å²) < 4.78 is 26.7. The quantitative estimate of drug-likeness (QED) is 0.735. The minimum atomic E-state index is -3.40. The number of para-hydroxylation sites is 1. The van der Waals surface area contributed by atoms with Gasteiger partial charge in [-0.1, -0.05) is 31.9 Å². The normalized spacial score (nSPS) is 11.4. The van der Waals surface area contributed by atoms with E-state index in [4.69, 9.17) is 0 Å². The molecule has 5 heteroatoms. The molecule has 0 bridgehead atoms. The molecule has 0 saturated carbocycles. The predicted octanol–water partition coefficient (Wildman–Crippen LogP) is 2.20. The summed E-state index contributed by atoms with van der Waals surface area (Å²) in [5, 5.41) is 2.88. The van der Waals surface area contributed by atoms with Crippen LogP contribution in [0.3, 0.4) is 0 Å². The highest BCUT2D eigenvalue weighted by Crippen LogP contribution is 2.19. The standard InChI is InChI=1S/C12H20N2O2S/c1-3-4-7-10-14-17(15,16)12-9-6-5-8-11(12)13-2/h5-6,8-9,13-14H,3-4,7,10H2,1-2H3. The Bertz CT molecular complexity index is 444. The first-order valence-electron chi connectivity index (χ1n) is 5.88. The fraction of sp³-hybridized carbons (Fsp3) is 0.500. The van der Waals surface area contributed by atoms with E-state index in [0.717, 1.165) is 19.3 Å².